The van der Waals surface area contributed by atoms with Gasteiger partial charge in [-0.25, -0.2) is 4.79 Å². The number of aromatic amines is 1. The lowest BCUT2D eigenvalue weighted by Crippen LogP contribution is -2.12. The maximum atomic E-state index is 12.2. The van der Waals surface area contributed by atoms with Crippen LogP contribution in [-0.2, 0) is 4.79 Å². The number of nitriles is 1. The summed E-state index contributed by atoms with van der Waals surface area (Å²) in [4.78, 5) is 25.5. The second kappa shape index (κ2) is 6.76. The summed E-state index contributed by atoms with van der Waals surface area (Å²) in [5.41, 5.74) is 0.858. The van der Waals surface area contributed by atoms with Crippen molar-refractivity contribution in [3.05, 3.63) is 64.6 Å². The van der Waals surface area contributed by atoms with E-state index in [2.05, 4.69) is 4.98 Å². The zero-order valence-electron chi connectivity index (χ0n) is 12.9. The van der Waals surface area contributed by atoms with Crippen molar-refractivity contribution in [1.82, 2.24) is 4.98 Å². The number of hydrogen-bond acceptors (Lipinski definition) is 5. The number of carboxylic acid groups (broad SMARTS) is 1. The van der Waals surface area contributed by atoms with Gasteiger partial charge in [-0.3, -0.25) is 4.79 Å². The van der Waals surface area contributed by atoms with Gasteiger partial charge in [0.05, 0.1) is 6.26 Å². The SMILES string of the molecule is N#Cc1c(-c2ccco2)cc(-c2cccc(OCC(=O)O)c2)[nH]c1=O. The third kappa shape index (κ3) is 3.43. The number of carbonyl (C=O) groups is 1. The van der Waals surface area contributed by atoms with Gasteiger partial charge >= 0.3 is 5.97 Å². The Labute approximate surface area is 141 Å². The summed E-state index contributed by atoms with van der Waals surface area (Å²) in [5, 5.41) is 17.9. The van der Waals surface area contributed by atoms with E-state index >= 15 is 0 Å². The highest BCUT2D eigenvalue weighted by Gasteiger charge is 2.14. The fraction of sp³-hybridized carbons (Fsp3) is 0.0556. The Morgan fingerprint density at radius 1 is 1.28 bits per heavy atom. The number of carboxylic acids is 1. The van der Waals surface area contributed by atoms with Crippen molar-refractivity contribution in [3.8, 4) is 34.4 Å². The summed E-state index contributed by atoms with van der Waals surface area (Å²) in [7, 11) is 0. The standard InChI is InChI=1S/C18H12N2O5/c19-9-14-13(16-5-2-6-24-16)8-15(20-18(14)23)11-3-1-4-12(7-11)25-10-17(21)22/h1-8H,10H2,(H,20,23)(H,21,22). The molecule has 2 heterocycles. The molecule has 0 atom stereocenters. The molecular weight excluding hydrogens is 324 g/mol. The first-order chi connectivity index (χ1) is 12.1. The zero-order chi connectivity index (χ0) is 17.8. The molecule has 0 radical (unpaired) electrons. The van der Waals surface area contributed by atoms with Crippen LogP contribution in [0.2, 0.25) is 0 Å². The van der Waals surface area contributed by atoms with Crippen molar-refractivity contribution in [1.29, 1.82) is 5.26 Å². The van der Waals surface area contributed by atoms with E-state index in [0.717, 1.165) is 0 Å². The van der Waals surface area contributed by atoms with E-state index in [1.165, 1.54) is 6.26 Å². The fourth-order valence-electron chi connectivity index (χ4n) is 2.35. The van der Waals surface area contributed by atoms with Crippen LogP contribution in [0.3, 0.4) is 0 Å². The number of rotatable bonds is 5. The third-order valence-corrected chi connectivity index (χ3v) is 3.44. The van der Waals surface area contributed by atoms with Gasteiger partial charge in [-0.1, -0.05) is 12.1 Å². The number of H-pyrrole nitrogens is 1. The molecule has 0 aliphatic carbocycles. The first-order valence-corrected chi connectivity index (χ1v) is 7.25. The molecule has 2 N–H and O–H groups in total. The molecule has 0 amide bonds. The van der Waals surface area contributed by atoms with Crippen LogP contribution in [0.15, 0.2) is 57.9 Å². The molecule has 0 spiro atoms. The molecule has 0 aliphatic heterocycles. The molecule has 3 rings (SSSR count). The van der Waals surface area contributed by atoms with Crippen LogP contribution in [-0.4, -0.2) is 22.7 Å². The number of nitrogens with zero attached hydrogens (tertiary/aromatic N) is 1. The van der Waals surface area contributed by atoms with Gasteiger partial charge < -0.3 is 19.2 Å². The Morgan fingerprint density at radius 2 is 2.12 bits per heavy atom. The summed E-state index contributed by atoms with van der Waals surface area (Å²) in [5.74, 6) is -0.330. The second-order valence-corrected chi connectivity index (χ2v) is 5.10. The third-order valence-electron chi connectivity index (χ3n) is 3.44. The van der Waals surface area contributed by atoms with Gasteiger partial charge in [-0.05, 0) is 30.3 Å². The molecule has 25 heavy (non-hydrogen) atoms. The van der Waals surface area contributed by atoms with Gasteiger partial charge in [0.15, 0.2) is 6.61 Å². The summed E-state index contributed by atoms with van der Waals surface area (Å²) in [6.45, 7) is -0.467. The lowest BCUT2D eigenvalue weighted by Gasteiger charge is -2.08. The first-order valence-electron chi connectivity index (χ1n) is 7.25. The van der Waals surface area contributed by atoms with Crippen LogP contribution in [0.25, 0.3) is 22.6 Å². The van der Waals surface area contributed by atoms with Crippen molar-refractivity contribution in [3.63, 3.8) is 0 Å². The lowest BCUT2D eigenvalue weighted by molar-refractivity contribution is -0.139. The monoisotopic (exact) mass is 336 g/mol. The number of aromatic nitrogens is 1. The molecule has 0 fully saturated rings. The zero-order valence-corrected chi connectivity index (χ0v) is 12.9. The van der Waals surface area contributed by atoms with Crippen LogP contribution < -0.4 is 10.3 Å². The van der Waals surface area contributed by atoms with Crippen LogP contribution >= 0.6 is 0 Å². The largest absolute Gasteiger partial charge is 0.482 e. The predicted octanol–water partition coefficient (Wildman–Crippen LogP) is 2.64. The highest BCUT2D eigenvalue weighted by Crippen LogP contribution is 2.28. The number of furan rings is 1. The number of nitrogens with one attached hydrogen (secondary N) is 1. The Hall–Kier alpha value is -3.79. The molecule has 7 nitrogen and oxygen atoms in total. The number of benzene rings is 1. The lowest BCUT2D eigenvalue weighted by atomic mass is 10.0. The summed E-state index contributed by atoms with van der Waals surface area (Å²) in [6, 6.07) is 13.5. The van der Waals surface area contributed by atoms with Gasteiger partial charge in [0.25, 0.3) is 5.56 Å². The molecule has 7 heteroatoms. The van der Waals surface area contributed by atoms with Crippen LogP contribution in [0.1, 0.15) is 5.56 Å². The first kappa shape index (κ1) is 16.1. The molecule has 1 aromatic carbocycles. The summed E-state index contributed by atoms with van der Waals surface area (Å²) in [6.07, 6.45) is 1.46. The van der Waals surface area contributed by atoms with Gasteiger partial charge in [0.1, 0.15) is 23.1 Å². The van der Waals surface area contributed by atoms with Gasteiger partial charge in [-0.15, -0.1) is 0 Å². The van der Waals surface area contributed by atoms with Gasteiger partial charge in [0, 0.05) is 16.8 Å². The molecule has 3 aromatic rings. The van der Waals surface area contributed by atoms with E-state index in [9.17, 15) is 14.9 Å². The Balaban J connectivity index is 2.07. The normalized spacial score (nSPS) is 10.2. The molecule has 0 saturated heterocycles. The van der Waals surface area contributed by atoms with Crippen LogP contribution in [0, 0.1) is 11.3 Å². The number of aliphatic carboxylic acids is 1. The number of hydrogen-bond donors (Lipinski definition) is 2. The van der Waals surface area contributed by atoms with E-state index in [0.29, 0.717) is 28.3 Å². The van der Waals surface area contributed by atoms with Crippen molar-refractivity contribution < 1.29 is 19.1 Å². The van der Waals surface area contributed by atoms with Crippen LogP contribution in [0.5, 0.6) is 5.75 Å². The van der Waals surface area contributed by atoms with Crippen molar-refractivity contribution in [2.45, 2.75) is 0 Å². The van der Waals surface area contributed by atoms with E-state index < -0.39 is 18.1 Å². The smallest absolute Gasteiger partial charge is 0.341 e. The highest BCUT2D eigenvalue weighted by molar-refractivity contribution is 5.73. The van der Waals surface area contributed by atoms with Crippen LogP contribution in [0.4, 0.5) is 0 Å². The maximum absolute atomic E-state index is 12.2. The average molecular weight is 336 g/mol. The Bertz CT molecular complexity index is 1010. The quantitative estimate of drug-likeness (QED) is 0.740. The minimum atomic E-state index is -1.09. The van der Waals surface area contributed by atoms with E-state index in [-0.39, 0.29) is 5.56 Å². The minimum Gasteiger partial charge on any atom is -0.482 e. The van der Waals surface area contributed by atoms with Crippen molar-refractivity contribution in [2.24, 2.45) is 0 Å². The van der Waals surface area contributed by atoms with Crippen molar-refractivity contribution in [2.75, 3.05) is 6.61 Å². The predicted molar refractivity (Wildman–Crippen MR) is 88.0 cm³/mol. The maximum Gasteiger partial charge on any atom is 0.341 e. The summed E-state index contributed by atoms with van der Waals surface area (Å²) >= 11 is 0. The molecular formula is C18H12N2O5. The van der Waals surface area contributed by atoms with Crippen molar-refractivity contribution >= 4 is 5.97 Å². The number of pyridine rings is 1. The second-order valence-electron chi connectivity index (χ2n) is 5.10. The molecule has 0 bridgehead atoms. The topological polar surface area (TPSA) is 116 Å². The molecule has 0 saturated carbocycles. The average Bonchev–Trinajstić information content (AvgIpc) is 3.14. The van der Waals surface area contributed by atoms with E-state index in [1.807, 2.05) is 6.07 Å². The molecule has 0 aliphatic rings. The molecule has 2 aromatic heterocycles. The molecule has 124 valence electrons. The van der Waals surface area contributed by atoms with Gasteiger partial charge in [-0.2, -0.15) is 5.26 Å². The minimum absolute atomic E-state index is 0.0445. The Kier molecular flexibility index (Phi) is 4.35. The fourth-order valence-corrected chi connectivity index (χ4v) is 2.35. The number of ether oxygens (including phenoxy) is 1. The Morgan fingerprint density at radius 3 is 2.80 bits per heavy atom. The summed E-state index contributed by atoms with van der Waals surface area (Å²) < 4.78 is 10.4. The van der Waals surface area contributed by atoms with E-state index in [1.54, 1.807) is 42.5 Å². The molecule has 0 unspecified atom stereocenters. The highest BCUT2D eigenvalue weighted by atomic mass is 16.5. The van der Waals surface area contributed by atoms with Gasteiger partial charge in [0.2, 0.25) is 0 Å². The van der Waals surface area contributed by atoms with E-state index in [4.69, 9.17) is 14.3 Å².